The molecule has 0 atom stereocenters. The Labute approximate surface area is 145 Å². The highest BCUT2D eigenvalue weighted by molar-refractivity contribution is 5.95. The van der Waals surface area contributed by atoms with Crippen molar-refractivity contribution in [1.29, 1.82) is 0 Å². The highest BCUT2D eigenvalue weighted by atomic mass is 16.3. The van der Waals surface area contributed by atoms with Crippen molar-refractivity contribution in [2.45, 2.75) is 33.2 Å². The predicted octanol–water partition coefficient (Wildman–Crippen LogP) is 3.23. The smallest absolute Gasteiger partial charge is 0.228 e. The third-order valence-corrected chi connectivity index (χ3v) is 4.37. The maximum absolute atomic E-state index is 12.5. The first-order valence-electron chi connectivity index (χ1n) is 8.25. The Kier molecular flexibility index (Phi) is 3.80. The number of rotatable bonds is 3. The molecule has 1 aliphatic heterocycles. The summed E-state index contributed by atoms with van der Waals surface area (Å²) in [6.45, 7) is 4.23. The molecule has 1 amide bonds. The van der Waals surface area contributed by atoms with E-state index in [2.05, 4.69) is 9.97 Å². The number of nitrogens with zero attached hydrogens (tertiary/aromatic N) is 4. The second kappa shape index (κ2) is 6.12. The van der Waals surface area contributed by atoms with Crippen LogP contribution in [0.2, 0.25) is 0 Å². The number of carbonyl (C=O) groups excluding carboxylic acids is 1. The van der Waals surface area contributed by atoms with Crippen LogP contribution in [0.15, 0.2) is 41.1 Å². The number of carbonyl (C=O) groups is 1. The number of pyridine rings is 1. The third-order valence-electron chi connectivity index (χ3n) is 4.37. The number of fused-ring (bicyclic) bond motifs is 1. The van der Waals surface area contributed by atoms with E-state index in [-0.39, 0.29) is 5.91 Å². The van der Waals surface area contributed by atoms with Crippen LogP contribution in [0, 0.1) is 13.8 Å². The van der Waals surface area contributed by atoms with E-state index in [1.807, 2.05) is 38.1 Å². The minimum Gasteiger partial charge on any atom is -0.464 e. The third kappa shape index (κ3) is 2.91. The molecule has 4 rings (SSSR count). The minimum absolute atomic E-state index is 0.0526. The lowest BCUT2D eigenvalue weighted by Crippen LogP contribution is -2.36. The molecular formula is C19H18N4O2. The zero-order valence-electron chi connectivity index (χ0n) is 14.2. The number of hydrogen-bond acceptors (Lipinski definition) is 5. The normalized spacial score (nSPS) is 13.8. The SMILES string of the molecule is Cc1ccc(CN2C(=O)CCc3c(C)nc(-c4cccnc4)nc32)o1. The highest BCUT2D eigenvalue weighted by Crippen LogP contribution is 2.31. The van der Waals surface area contributed by atoms with Crippen LogP contribution in [-0.4, -0.2) is 20.9 Å². The maximum atomic E-state index is 12.5. The van der Waals surface area contributed by atoms with Crippen molar-refractivity contribution in [3.63, 3.8) is 0 Å². The molecule has 3 aromatic heterocycles. The van der Waals surface area contributed by atoms with Gasteiger partial charge in [0.05, 0.1) is 6.54 Å². The van der Waals surface area contributed by atoms with Crippen molar-refractivity contribution in [3.8, 4) is 11.4 Å². The van der Waals surface area contributed by atoms with Crippen LogP contribution in [0.25, 0.3) is 11.4 Å². The Hall–Kier alpha value is -3.02. The summed E-state index contributed by atoms with van der Waals surface area (Å²) < 4.78 is 5.65. The van der Waals surface area contributed by atoms with Crippen LogP contribution < -0.4 is 4.90 Å². The minimum atomic E-state index is 0.0526. The average Bonchev–Trinajstić information content (AvgIpc) is 3.03. The Morgan fingerprint density at radius 2 is 2.04 bits per heavy atom. The van der Waals surface area contributed by atoms with Crippen molar-refractivity contribution in [2.24, 2.45) is 0 Å². The zero-order valence-corrected chi connectivity index (χ0v) is 14.2. The fraction of sp³-hybridized carbons (Fsp3) is 0.263. The van der Waals surface area contributed by atoms with E-state index >= 15 is 0 Å². The van der Waals surface area contributed by atoms with Crippen LogP contribution in [0.5, 0.6) is 0 Å². The number of aryl methyl sites for hydroxylation is 2. The van der Waals surface area contributed by atoms with Gasteiger partial charge in [-0.15, -0.1) is 0 Å². The lowest BCUT2D eigenvalue weighted by molar-refractivity contribution is -0.119. The molecule has 0 unspecified atom stereocenters. The second-order valence-electron chi connectivity index (χ2n) is 6.17. The van der Waals surface area contributed by atoms with Crippen molar-refractivity contribution in [2.75, 3.05) is 4.90 Å². The molecule has 3 aromatic rings. The van der Waals surface area contributed by atoms with Gasteiger partial charge in [-0.2, -0.15) is 0 Å². The largest absolute Gasteiger partial charge is 0.464 e. The maximum Gasteiger partial charge on any atom is 0.228 e. The Morgan fingerprint density at radius 1 is 1.16 bits per heavy atom. The molecule has 0 aromatic carbocycles. The van der Waals surface area contributed by atoms with Gasteiger partial charge in [0.25, 0.3) is 0 Å². The lowest BCUT2D eigenvalue weighted by atomic mass is 10.0. The molecule has 6 heteroatoms. The first-order chi connectivity index (χ1) is 12.1. The molecule has 0 aliphatic carbocycles. The number of anilines is 1. The van der Waals surface area contributed by atoms with Gasteiger partial charge in [-0.25, -0.2) is 9.97 Å². The molecule has 0 radical (unpaired) electrons. The molecule has 0 saturated heterocycles. The summed E-state index contributed by atoms with van der Waals surface area (Å²) in [6.07, 6.45) is 4.57. The topological polar surface area (TPSA) is 72.1 Å². The molecule has 0 saturated carbocycles. The second-order valence-corrected chi connectivity index (χ2v) is 6.17. The monoisotopic (exact) mass is 334 g/mol. The summed E-state index contributed by atoms with van der Waals surface area (Å²) in [5.41, 5.74) is 2.76. The number of amides is 1. The summed E-state index contributed by atoms with van der Waals surface area (Å²) in [6, 6.07) is 7.56. The van der Waals surface area contributed by atoms with Gasteiger partial charge in [0.15, 0.2) is 5.82 Å². The van der Waals surface area contributed by atoms with Crippen LogP contribution in [0.3, 0.4) is 0 Å². The number of aromatic nitrogens is 3. The van der Waals surface area contributed by atoms with Gasteiger partial charge < -0.3 is 4.42 Å². The first kappa shape index (κ1) is 15.5. The Bertz CT molecular complexity index is 934. The fourth-order valence-electron chi connectivity index (χ4n) is 3.10. The molecule has 0 fully saturated rings. The molecule has 4 heterocycles. The zero-order chi connectivity index (χ0) is 17.4. The molecule has 126 valence electrons. The predicted molar refractivity (Wildman–Crippen MR) is 93.0 cm³/mol. The Balaban J connectivity index is 1.79. The van der Waals surface area contributed by atoms with Crippen molar-refractivity contribution in [1.82, 2.24) is 15.0 Å². The molecule has 0 spiro atoms. The Morgan fingerprint density at radius 3 is 2.76 bits per heavy atom. The fourth-order valence-corrected chi connectivity index (χ4v) is 3.10. The quantitative estimate of drug-likeness (QED) is 0.735. The standard InChI is InChI=1S/C19H18N4O2/c1-12-5-6-15(25-12)11-23-17(24)8-7-16-13(2)21-18(22-19(16)23)14-4-3-9-20-10-14/h3-6,9-10H,7-8,11H2,1-2H3. The molecular weight excluding hydrogens is 316 g/mol. The molecule has 1 aliphatic rings. The van der Waals surface area contributed by atoms with Gasteiger partial charge in [-0.05, 0) is 44.5 Å². The van der Waals surface area contributed by atoms with Crippen molar-refractivity contribution < 1.29 is 9.21 Å². The lowest BCUT2D eigenvalue weighted by Gasteiger charge is -2.28. The number of hydrogen-bond donors (Lipinski definition) is 0. The summed E-state index contributed by atoms with van der Waals surface area (Å²) in [5.74, 6) is 2.89. The first-order valence-corrected chi connectivity index (χ1v) is 8.25. The van der Waals surface area contributed by atoms with Crippen molar-refractivity contribution in [3.05, 3.63) is 59.4 Å². The van der Waals surface area contributed by atoms with Gasteiger partial charge >= 0.3 is 0 Å². The van der Waals surface area contributed by atoms with E-state index in [0.717, 1.165) is 28.3 Å². The number of furan rings is 1. The van der Waals surface area contributed by atoms with Crippen LogP contribution in [0.4, 0.5) is 5.82 Å². The van der Waals surface area contributed by atoms with Gasteiger partial charge in [-0.3, -0.25) is 14.7 Å². The van der Waals surface area contributed by atoms with E-state index in [9.17, 15) is 4.79 Å². The summed E-state index contributed by atoms with van der Waals surface area (Å²) >= 11 is 0. The van der Waals surface area contributed by atoms with Crippen molar-refractivity contribution >= 4 is 11.7 Å². The average molecular weight is 334 g/mol. The molecule has 6 nitrogen and oxygen atoms in total. The van der Waals surface area contributed by atoms with Crippen LogP contribution in [0.1, 0.15) is 29.2 Å². The van der Waals surface area contributed by atoms with Gasteiger partial charge in [0, 0.05) is 35.6 Å². The molecule has 0 N–H and O–H groups in total. The van der Waals surface area contributed by atoms with E-state index in [0.29, 0.717) is 31.0 Å². The van der Waals surface area contributed by atoms with E-state index in [1.54, 1.807) is 17.3 Å². The van der Waals surface area contributed by atoms with E-state index < -0.39 is 0 Å². The summed E-state index contributed by atoms with van der Waals surface area (Å²) in [7, 11) is 0. The van der Waals surface area contributed by atoms with E-state index in [4.69, 9.17) is 9.40 Å². The van der Waals surface area contributed by atoms with Gasteiger partial charge in [0.2, 0.25) is 5.91 Å². The summed E-state index contributed by atoms with van der Waals surface area (Å²) in [4.78, 5) is 27.7. The molecule has 0 bridgehead atoms. The molecule has 25 heavy (non-hydrogen) atoms. The summed E-state index contributed by atoms with van der Waals surface area (Å²) in [5, 5.41) is 0. The van der Waals surface area contributed by atoms with Gasteiger partial charge in [0.1, 0.15) is 17.3 Å². The van der Waals surface area contributed by atoms with Crippen LogP contribution >= 0.6 is 0 Å². The highest BCUT2D eigenvalue weighted by Gasteiger charge is 2.29. The van der Waals surface area contributed by atoms with Crippen LogP contribution in [-0.2, 0) is 17.8 Å². The van der Waals surface area contributed by atoms with E-state index in [1.165, 1.54) is 0 Å². The van der Waals surface area contributed by atoms with Gasteiger partial charge in [-0.1, -0.05) is 0 Å².